The molecule has 0 bridgehead atoms. The Morgan fingerprint density at radius 3 is 2.53 bits per heavy atom. The van der Waals surface area contributed by atoms with E-state index >= 15 is 0 Å². The second kappa shape index (κ2) is 9.50. The van der Waals surface area contributed by atoms with Crippen LogP contribution in [0.1, 0.15) is 35.8 Å². The Labute approximate surface area is 176 Å². The number of anilines is 1. The number of piperazine rings is 1. The Morgan fingerprint density at radius 1 is 1.13 bits per heavy atom. The van der Waals surface area contributed by atoms with E-state index in [0.717, 1.165) is 64.2 Å². The molecule has 162 valence electrons. The van der Waals surface area contributed by atoms with Crippen molar-refractivity contribution in [1.82, 2.24) is 34.9 Å². The van der Waals surface area contributed by atoms with Gasteiger partial charge in [-0.25, -0.2) is 14.8 Å². The smallest absolute Gasteiger partial charge is 0.358 e. The van der Waals surface area contributed by atoms with Crippen molar-refractivity contribution >= 4 is 11.8 Å². The van der Waals surface area contributed by atoms with Crippen molar-refractivity contribution in [2.75, 3.05) is 58.1 Å². The van der Waals surface area contributed by atoms with E-state index in [-0.39, 0.29) is 11.5 Å². The summed E-state index contributed by atoms with van der Waals surface area (Å²) in [5.41, 5.74) is 6.59. The number of carboxylic acid groups (broad SMARTS) is 1. The van der Waals surface area contributed by atoms with Gasteiger partial charge >= 0.3 is 5.97 Å². The summed E-state index contributed by atoms with van der Waals surface area (Å²) in [5, 5.41) is 17.1. The zero-order valence-electron chi connectivity index (χ0n) is 17.2. The summed E-state index contributed by atoms with van der Waals surface area (Å²) in [5.74, 6) is -1.26. The van der Waals surface area contributed by atoms with Crippen LogP contribution in [0.3, 0.4) is 0 Å². The van der Waals surface area contributed by atoms with Gasteiger partial charge in [0.15, 0.2) is 11.5 Å². The molecular formula is C20H30N8O2. The Bertz CT molecular complexity index is 856. The molecule has 2 saturated heterocycles. The zero-order chi connectivity index (χ0) is 20.9. The van der Waals surface area contributed by atoms with Crippen molar-refractivity contribution in [1.29, 1.82) is 0 Å². The first-order valence-electron chi connectivity index (χ1n) is 10.7. The lowest BCUT2D eigenvalue weighted by molar-refractivity contribution is 0.0691. The number of nitrogens with zero attached hydrogens (tertiary/aromatic N) is 6. The molecule has 10 heteroatoms. The van der Waals surface area contributed by atoms with Crippen molar-refractivity contribution in [3.05, 3.63) is 24.3 Å². The number of hydrogen-bond donors (Lipinski definition) is 3. The summed E-state index contributed by atoms with van der Waals surface area (Å²) < 4.78 is 1.98. The van der Waals surface area contributed by atoms with Crippen LogP contribution in [0.15, 0.2) is 18.6 Å². The minimum atomic E-state index is -1.18. The van der Waals surface area contributed by atoms with Crippen molar-refractivity contribution in [2.24, 2.45) is 0 Å². The van der Waals surface area contributed by atoms with Gasteiger partial charge in [0, 0.05) is 51.0 Å². The second-order valence-corrected chi connectivity index (χ2v) is 8.02. The molecule has 0 radical (unpaired) electrons. The van der Waals surface area contributed by atoms with E-state index in [1.165, 1.54) is 19.2 Å². The van der Waals surface area contributed by atoms with E-state index in [9.17, 15) is 9.90 Å². The van der Waals surface area contributed by atoms with Crippen LogP contribution < -0.4 is 11.1 Å². The largest absolute Gasteiger partial charge is 0.476 e. The molecule has 2 fully saturated rings. The molecule has 2 aliphatic heterocycles. The Hall–Kier alpha value is -2.56. The highest BCUT2D eigenvalue weighted by molar-refractivity contribution is 5.90. The van der Waals surface area contributed by atoms with Gasteiger partial charge in [0.05, 0.1) is 24.1 Å². The Morgan fingerprint density at radius 2 is 1.83 bits per heavy atom. The molecule has 0 saturated carbocycles. The van der Waals surface area contributed by atoms with Crippen molar-refractivity contribution in [2.45, 2.75) is 25.3 Å². The molecule has 0 unspecified atom stereocenters. The number of aromatic carboxylic acids is 1. The quantitative estimate of drug-likeness (QED) is 0.595. The molecule has 2 aromatic rings. The molecule has 0 aliphatic carbocycles. The van der Waals surface area contributed by atoms with Crippen LogP contribution in [-0.2, 0) is 0 Å². The number of hydrogen-bond acceptors (Lipinski definition) is 8. The number of piperidine rings is 1. The number of likely N-dealkylation sites (tertiary alicyclic amines) is 1. The summed E-state index contributed by atoms with van der Waals surface area (Å²) in [6.45, 7) is 9.03. The fourth-order valence-corrected chi connectivity index (χ4v) is 4.23. The lowest BCUT2D eigenvalue weighted by atomic mass is 10.1. The average Bonchev–Trinajstić information content (AvgIpc) is 3.25. The molecule has 30 heavy (non-hydrogen) atoms. The van der Waals surface area contributed by atoms with E-state index in [1.807, 2.05) is 10.9 Å². The van der Waals surface area contributed by atoms with Crippen LogP contribution in [0.5, 0.6) is 0 Å². The maximum atomic E-state index is 11.2. The van der Waals surface area contributed by atoms with E-state index < -0.39 is 5.97 Å². The number of nitrogen functional groups attached to an aromatic ring is 1. The first kappa shape index (κ1) is 20.7. The summed E-state index contributed by atoms with van der Waals surface area (Å²) >= 11 is 0. The molecule has 0 spiro atoms. The molecule has 2 aromatic heterocycles. The number of nitrogens with two attached hydrogens (primary N) is 1. The van der Waals surface area contributed by atoms with Crippen LogP contribution >= 0.6 is 0 Å². The number of carbonyl (C=O) groups is 1. The molecule has 0 aromatic carbocycles. The first-order valence-corrected chi connectivity index (χ1v) is 10.7. The van der Waals surface area contributed by atoms with Gasteiger partial charge in [0.2, 0.25) is 0 Å². The molecule has 0 amide bonds. The van der Waals surface area contributed by atoms with Gasteiger partial charge in [-0.2, -0.15) is 5.10 Å². The normalized spacial score (nSPS) is 19.2. The molecule has 0 atom stereocenters. The van der Waals surface area contributed by atoms with Gasteiger partial charge in [0.1, 0.15) is 0 Å². The molecular weight excluding hydrogens is 384 g/mol. The fourth-order valence-electron chi connectivity index (χ4n) is 4.23. The van der Waals surface area contributed by atoms with Crippen molar-refractivity contribution in [3.63, 3.8) is 0 Å². The van der Waals surface area contributed by atoms with Gasteiger partial charge in [-0.15, -0.1) is 0 Å². The van der Waals surface area contributed by atoms with Crippen LogP contribution in [0, 0.1) is 0 Å². The summed E-state index contributed by atoms with van der Waals surface area (Å²) in [4.78, 5) is 24.4. The average molecular weight is 415 g/mol. The molecule has 4 N–H and O–H groups in total. The van der Waals surface area contributed by atoms with Crippen LogP contribution in [0.25, 0.3) is 11.3 Å². The van der Waals surface area contributed by atoms with E-state index in [2.05, 4.69) is 30.2 Å². The highest BCUT2D eigenvalue weighted by atomic mass is 16.4. The summed E-state index contributed by atoms with van der Waals surface area (Å²) in [6.07, 6.45) is 8.47. The van der Waals surface area contributed by atoms with Crippen LogP contribution in [-0.4, -0.2) is 93.0 Å². The van der Waals surface area contributed by atoms with Crippen LogP contribution in [0.2, 0.25) is 0 Å². The fraction of sp³-hybridized carbons (Fsp3) is 0.600. The van der Waals surface area contributed by atoms with Crippen molar-refractivity contribution in [3.8, 4) is 11.3 Å². The number of aromatic nitrogens is 4. The van der Waals surface area contributed by atoms with Gasteiger partial charge < -0.3 is 26.0 Å². The molecule has 10 nitrogen and oxygen atoms in total. The Kier molecular flexibility index (Phi) is 6.56. The SMILES string of the molecule is Nc1ncc(-c2cnn(C3CCN(CCCN4CCNCC4)CC3)c2)nc1C(=O)O. The molecule has 2 aliphatic rings. The van der Waals surface area contributed by atoms with Gasteiger partial charge in [0.25, 0.3) is 0 Å². The standard InChI is InChI=1S/C20H30N8O2/c21-19-18(20(29)30)25-17(13-23-19)15-12-24-28(14-15)16-2-8-26(9-3-16)6-1-7-27-10-4-22-5-11-27/h12-14,16,22H,1-11H2,(H2,21,23)(H,29,30). The van der Waals surface area contributed by atoms with Gasteiger partial charge in [-0.05, 0) is 32.4 Å². The maximum Gasteiger partial charge on any atom is 0.358 e. The summed E-state index contributed by atoms with van der Waals surface area (Å²) in [7, 11) is 0. The number of carboxylic acids is 1. The van der Waals surface area contributed by atoms with E-state index in [1.54, 1.807) is 6.20 Å². The molecule has 4 heterocycles. The predicted molar refractivity (Wildman–Crippen MR) is 113 cm³/mol. The number of nitrogens with one attached hydrogen (secondary N) is 1. The molecule has 4 rings (SSSR count). The monoisotopic (exact) mass is 414 g/mol. The van der Waals surface area contributed by atoms with Gasteiger partial charge in [-0.1, -0.05) is 0 Å². The first-order chi connectivity index (χ1) is 14.6. The van der Waals surface area contributed by atoms with Crippen LogP contribution in [0.4, 0.5) is 5.82 Å². The minimum absolute atomic E-state index is 0.0806. The third kappa shape index (κ3) is 4.94. The Balaban J connectivity index is 1.28. The highest BCUT2D eigenvalue weighted by Gasteiger charge is 2.22. The van der Waals surface area contributed by atoms with Crippen molar-refractivity contribution < 1.29 is 9.90 Å². The zero-order valence-corrected chi connectivity index (χ0v) is 17.2. The van der Waals surface area contributed by atoms with E-state index in [4.69, 9.17) is 5.73 Å². The predicted octanol–water partition coefficient (Wildman–Crippen LogP) is 0.553. The topological polar surface area (TPSA) is 125 Å². The lowest BCUT2D eigenvalue weighted by Gasteiger charge is -2.33. The second-order valence-electron chi connectivity index (χ2n) is 8.02. The minimum Gasteiger partial charge on any atom is -0.476 e. The maximum absolute atomic E-state index is 11.2. The third-order valence-corrected chi connectivity index (χ3v) is 5.99. The lowest BCUT2D eigenvalue weighted by Crippen LogP contribution is -2.44. The van der Waals surface area contributed by atoms with E-state index in [0.29, 0.717) is 11.7 Å². The highest BCUT2D eigenvalue weighted by Crippen LogP contribution is 2.25. The number of rotatable bonds is 7. The third-order valence-electron chi connectivity index (χ3n) is 5.99. The van der Waals surface area contributed by atoms with Gasteiger partial charge in [-0.3, -0.25) is 4.68 Å². The summed E-state index contributed by atoms with van der Waals surface area (Å²) in [6, 6.07) is 0.351.